The van der Waals surface area contributed by atoms with Crippen molar-refractivity contribution in [3.63, 3.8) is 0 Å². The minimum Gasteiger partial charge on any atom is -0.372 e. The zero-order valence-electron chi connectivity index (χ0n) is 9.35. The van der Waals surface area contributed by atoms with Gasteiger partial charge in [0.2, 0.25) is 0 Å². The lowest BCUT2D eigenvalue weighted by atomic mass is 10.1. The Morgan fingerprint density at radius 3 is 2.81 bits per heavy atom. The third-order valence-corrected chi connectivity index (χ3v) is 3.23. The summed E-state index contributed by atoms with van der Waals surface area (Å²) in [6, 6.07) is 2.00. The summed E-state index contributed by atoms with van der Waals surface area (Å²) in [5.74, 6) is 1.56. The number of hydrogen-bond donors (Lipinski definition) is 1. The van der Waals surface area contributed by atoms with E-state index < -0.39 is 0 Å². The quantitative estimate of drug-likeness (QED) is 0.840. The van der Waals surface area contributed by atoms with Crippen LogP contribution in [-0.4, -0.2) is 16.6 Å². The van der Waals surface area contributed by atoms with Crippen molar-refractivity contribution in [1.29, 1.82) is 0 Å². The molecular weight excluding hydrogens is 202 g/mol. The molecule has 4 nitrogen and oxygen atoms in total. The lowest BCUT2D eigenvalue weighted by Gasteiger charge is -2.11. The van der Waals surface area contributed by atoms with E-state index in [2.05, 4.69) is 9.97 Å². The van der Waals surface area contributed by atoms with Gasteiger partial charge in [-0.1, -0.05) is 0 Å². The first-order valence-electron chi connectivity index (χ1n) is 6.06. The third-order valence-electron chi connectivity index (χ3n) is 3.23. The second-order valence-electron chi connectivity index (χ2n) is 4.62. The van der Waals surface area contributed by atoms with Crippen molar-refractivity contribution < 1.29 is 4.74 Å². The highest BCUT2D eigenvalue weighted by Gasteiger charge is 2.29. The zero-order valence-corrected chi connectivity index (χ0v) is 9.35. The summed E-state index contributed by atoms with van der Waals surface area (Å²) in [7, 11) is 0. The number of hydrogen-bond acceptors (Lipinski definition) is 4. The predicted octanol–water partition coefficient (Wildman–Crippen LogP) is 1.66. The molecule has 86 valence electrons. The lowest BCUT2D eigenvalue weighted by molar-refractivity contribution is 0.108. The monoisotopic (exact) mass is 219 g/mol. The van der Waals surface area contributed by atoms with Crippen LogP contribution in [-0.2, 0) is 11.3 Å². The average molecular weight is 219 g/mol. The number of rotatable bonds is 3. The molecular formula is C12H17N3O. The fourth-order valence-electron chi connectivity index (χ4n) is 2.14. The Bertz CT molecular complexity index is 384. The van der Waals surface area contributed by atoms with Gasteiger partial charge in [0.1, 0.15) is 5.82 Å². The topological polar surface area (TPSA) is 61.0 Å². The van der Waals surface area contributed by atoms with Gasteiger partial charge >= 0.3 is 0 Å². The molecule has 2 N–H and O–H groups in total. The summed E-state index contributed by atoms with van der Waals surface area (Å²) in [6.45, 7) is 1.34. The van der Waals surface area contributed by atoms with E-state index in [-0.39, 0.29) is 6.10 Å². The van der Waals surface area contributed by atoms with Crippen molar-refractivity contribution in [2.45, 2.75) is 44.2 Å². The van der Waals surface area contributed by atoms with Crippen molar-refractivity contribution in [1.82, 2.24) is 9.97 Å². The van der Waals surface area contributed by atoms with Crippen LogP contribution in [0, 0.1) is 0 Å². The van der Waals surface area contributed by atoms with Gasteiger partial charge in [0, 0.05) is 19.1 Å². The molecule has 0 spiro atoms. The molecule has 1 atom stereocenters. The fraction of sp³-hybridized carbons (Fsp3) is 0.667. The number of nitrogens with two attached hydrogens (primary N) is 1. The summed E-state index contributed by atoms with van der Waals surface area (Å²) < 4.78 is 5.66. The van der Waals surface area contributed by atoms with Crippen molar-refractivity contribution in [3.8, 4) is 0 Å². The second kappa shape index (κ2) is 4.11. The van der Waals surface area contributed by atoms with Gasteiger partial charge in [-0.3, -0.25) is 0 Å². The Kier molecular flexibility index (Phi) is 2.61. The highest BCUT2D eigenvalue weighted by molar-refractivity contribution is 5.18. The molecule has 0 aromatic carbocycles. The molecule has 2 heterocycles. The van der Waals surface area contributed by atoms with Crippen LogP contribution in [0.5, 0.6) is 0 Å². The van der Waals surface area contributed by atoms with Crippen LogP contribution in [0.2, 0.25) is 0 Å². The van der Waals surface area contributed by atoms with Gasteiger partial charge in [0.05, 0.1) is 17.5 Å². The molecule has 1 saturated carbocycles. The van der Waals surface area contributed by atoms with Crippen LogP contribution < -0.4 is 5.73 Å². The Labute approximate surface area is 95.2 Å². The van der Waals surface area contributed by atoms with Crippen molar-refractivity contribution in [2.75, 3.05) is 6.61 Å². The average Bonchev–Trinajstić information content (AvgIpc) is 3.04. The van der Waals surface area contributed by atoms with Gasteiger partial charge in [-0.05, 0) is 31.7 Å². The van der Waals surface area contributed by atoms with Gasteiger partial charge in [0.25, 0.3) is 0 Å². The SMILES string of the molecule is NCc1cc([C@H]2CCCO2)nc(C2CC2)n1. The van der Waals surface area contributed by atoms with E-state index >= 15 is 0 Å². The van der Waals surface area contributed by atoms with Crippen molar-refractivity contribution in [2.24, 2.45) is 5.73 Å². The zero-order chi connectivity index (χ0) is 11.0. The first-order chi connectivity index (χ1) is 7.86. The molecule has 16 heavy (non-hydrogen) atoms. The molecule has 0 bridgehead atoms. The molecule has 2 fully saturated rings. The van der Waals surface area contributed by atoms with Gasteiger partial charge < -0.3 is 10.5 Å². The third kappa shape index (κ3) is 1.95. The van der Waals surface area contributed by atoms with Crippen LogP contribution in [0.15, 0.2) is 6.07 Å². The number of aromatic nitrogens is 2. The van der Waals surface area contributed by atoms with Crippen LogP contribution in [0.25, 0.3) is 0 Å². The number of ether oxygens (including phenoxy) is 1. The molecule has 1 aromatic rings. The van der Waals surface area contributed by atoms with E-state index in [1.807, 2.05) is 6.07 Å². The van der Waals surface area contributed by atoms with E-state index in [1.165, 1.54) is 12.8 Å². The molecule has 0 unspecified atom stereocenters. The van der Waals surface area contributed by atoms with Gasteiger partial charge in [-0.25, -0.2) is 9.97 Å². The minimum absolute atomic E-state index is 0.172. The Morgan fingerprint density at radius 2 is 2.19 bits per heavy atom. The summed E-state index contributed by atoms with van der Waals surface area (Å²) in [5.41, 5.74) is 7.66. The standard InChI is InChI=1S/C12H17N3O/c13-7-9-6-10(11-2-1-5-16-11)15-12(14-9)8-3-4-8/h6,8,11H,1-5,7,13H2/t11-/m1/s1. The Hall–Kier alpha value is -1.00. The van der Waals surface area contributed by atoms with Crippen molar-refractivity contribution >= 4 is 0 Å². The summed E-state index contributed by atoms with van der Waals surface area (Å²) >= 11 is 0. The van der Waals surface area contributed by atoms with Gasteiger partial charge in [-0.15, -0.1) is 0 Å². The molecule has 0 radical (unpaired) electrons. The largest absolute Gasteiger partial charge is 0.372 e. The van der Waals surface area contributed by atoms with Crippen LogP contribution in [0.3, 0.4) is 0 Å². The van der Waals surface area contributed by atoms with Gasteiger partial charge in [0.15, 0.2) is 0 Å². The van der Waals surface area contributed by atoms with Gasteiger partial charge in [-0.2, -0.15) is 0 Å². The van der Waals surface area contributed by atoms with Crippen LogP contribution in [0.1, 0.15) is 54.9 Å². The van der Waals surface area contributed by atoms with E-state index in [0.717, 1.165) is 36.7 Å². The summed E-state index contributed by atoms with van der Waals surface area (Å²) in [4.78, 5) is 9.13. The maximum Gasteiger partial charge on any atom is 0.132 e. The maximum atomic E-state index is 5.68. The molecule has 4 heteroatoms. The molecule has 1 aliphatic heterocycles. The van der Waals surface area contributed by atoms with E-state index in [4.69, 9.17) is 10.5 Å². The molecule has 1 aliphatic carbocycles. The van der Waals surface area contributed by atoms with Crippen molar-refractivity contribution in [3.05, 3.63) is 23.3 Å². The van der Waals surface area contributed by atoms with Crippen LogP contribution >= 0.6 is 0 Å². The van der Waals surface area contributed by atoms with E-state index in [0.29, 0.717) is 12.5 Å². The van der Waals surface area contributed by atoms with E-state index in [9.17, 15) is 0 Å². The molecule has 3 rings (SSSR count). The Morgan fingerprint density at radius 1 is 1.31 bits per heavy atom. The second-order valence-corrected chi connectivity index (χ2v) is 4.62. The number of nitrogens with zero attached hydrogens (tertiary/aromatic N) is 2. The summed E-state index contributed by atoms with van der Waals surface area (Å²) in [5, 5.41) is 0. The Balaban J connectivity index is 1.92. The first-order valence-corrected chi connectivity index (χ1v) is 6.06. The predicted molar refractivity (Wildman–Crippen MR) is 59.8 cm³/mol. The van der Waals surface area contributed by atoms with E-state index in [1.54, 1.807) is 0 Å². The lowest BCUT2D eigenvalue weighted by Crippen LogP contribution is -2.09. The molecule has 0 amide bonds. The minimum atomic E-state index is 0.172. The molecule has 1 saturated heterocycles. The van der Waals surface area contributed by atoms with Crippen LogP contribution in [0.4, 0.5) is 0 Å². The maximum absolute atomic E-state index is 5.68. The first kappa shape index (κ1) is 10.2. The highest BCUT2D eigenvalue weighted by atomic mass is 16.5. The fourth-order valence-corrected chi connectivity index (χ4v) is 2.14. The highest BCUT2D eigenvalue weighted by Crippen LogP contribution is 2.39. The summed E-state index contributed by atoms with van der Waals surface area (Å²) in [6.07, 6.45) is 4.82. The smallest absolute Gasteiger partial charge is 0.132 e. The normalized spacial score (nSPS) is 24.9. The molecule has 2 aliphatic rings. The molecule has 1 aromatic heterocycles.